The number of rotatable bonds is 7. The molecular weight excluding hydrogens is 434 g/mol. The average molecular weight is 454 g/mol. The predicted octanol–water partition coefficient (Wildman–Crippen LogP) is 4.56. The molecule has 1 unspecified atom stereocenters. The first-order valence-electron chi connectivity index (χ1n) is 9.41. The van der Waals surface area contributed by atoms with Crippen LogP contribution in [0, 0.1) is 13.8 Å². The molecule has 1 aliphatic heterocycles. The van der Waals surface area contributed by atoms with Crippen LogP contribution in [0.15, 0.2) is 59.8 Å². The molecule has 1 aromatic carbocycles. The van der Waals surface area contributed by atoms with E-state index in [1.807, 2.05) is 6.92 Å². The van der Waals surface area contributed by atoms with Crippen molar-refractivity contribution in [1.82, 2.24) is 9.97 Å². The van der Waals surface area contributed by atoms with Gasteiger partial charge in [0.05, 0.1) is 27.2 Å². The molecule has 0 fully saturated rings. The Bertz CT molecular complexity index is 1200. The molecule has 4 rings (SSSR count). The van der Waals surface area contributed by atoms with Crippen LogP contribution in [-0.2, 0) is 4.79 Å². The first-order valence-corrected chi connectivity index (χ1v) is 11.1. The summed E-state index contributed by atoms with van der Waals surface area (Å²) in [6.07, 6.45) is 3.20. The highest BCUT2D eigenvalue weighted by molar-refractivity contribution is 7.14. The number of amides is 1. The number of aryl methyl sites for hydroxylation is 2. The van der Waals surface area contributed by atoms with Gasteiger partial charge in [-0.25, -0.2) is 9.97 Å². The van der Waals surface area contributed by atoms with Gasteiger partial charge in [0.15, 0.2) is 10.9 Å². The quantitative estimate of drug-likeness (QED) is 0.416. The Balaban J connectivity index is 1.85. The zero-order valence-corrected chi connectivity index (χ0v) is 18.5. The number of Topliss-reactive ketones (excluding diaryl/α,β-unsaturated/α-hetero) is 1. The number of ketones is 1. The van der Waals surface area contributed by atoms with Gasteiger partial charge in [0.1, 0.15) is 12.4 Å². The summed E-state index contributed by atoms with van der Waals surface area (Å²) in [7, 11) is 0. The van der Waals surface area contributed by atoms with E-state index in [-0.39, 0.29) is 5.57 Å². The van der Waals surface area contributed by atoms with Crippen molar-refractivity contribution in [3.63, 3.8) is 0 Å². The first-order chi connectivity index (χ1) is 14.9. The topological polar surface area (TPSA) is 92.6 Å². The summed E-state index contributed by atoms with van der Waals surface area (Å²) >= 11 is 2.49. The van der Waals surface area contributed by atoms with Crippen molar-refractivity contribution in [3.8, 4) is 5.75 Å². The Labute approximate surface area is 187 Å². The van der Waals surface area contributed by atoms with Crippen LogP contribution in [0.4, 0.5) is 5.13 Å². The highest BCUT2D eigenvalue weighted by Crippen LogP contribution is 2.43. The third-order valence-corrected chi connectivity index (χ3v) is 6.57. The van der Waals surface area contributed by atoms with Gasteiger partial charge in [-0.15, -0.1) is 22.7 Å². The number of thiazole rings is 2. The summed E-state index contributed by atoms with van der Waals surface area (Å²) in [6.45, 7) is 7.51. The van der Waals surface area contributed by atoms with Crippen molar-refractivity contribution in [3.05, 3.63) is 81.0 Å². The van der Waals surface area contributed by atoms with E-state index in [9.17, 15) is 14.7 Å². The Morgan fingerprint density at radius 3 is 2.84 bits per heavy atom. The van der Waals surface area contributed by atoms with E-state index in [1.165, 1.54) is 27.6 Å². The lowest BCUT2D eigenvalue weighted by Gasteiger charge is -2.24. The number of hydrogen-bond acceptors (Lipinski definition) is 8. The summed E-state index contributed by atoms with van der Waals surface area (Å²) in [5.74, 6) is -1.10. The SMILES string of the molecule is C=CCOc1cccc(C2C(C(=O)c3sc(C)nc3C)=C(O)C(=O)N2c2nccs2)c1. The maximum atomic E-state index is 13.5. The number of nitrogens with zero attached hydrogens (tertiary/aromatic N) is 3. The Hall–Kier alpha value is -3.30. The van der Waals surface area contributed by atoms with Gasteiger partial charge in [-0.2, -0.15) is 0 Å². The number of carbonyl (C=O) groups excluding carboxylic acids is 2. The zero-order valence-electron chi connectivity index (χ0n) is 16.9. The molecule has 7 nitrogen and oxygen atoms in total. The number of aliphatic hydroxyl groups is 1. The number of benzene rings is 1. The highest BCUT2D eigenvalue weighted by Gasteiger charge is 2.46. The van der Waals surface area contributed by atoms with Crippen LogP contribution < -0.4 is 9.64 Å². The molecule has 1 amide bonds. The Morgan fingerprint density at radius 2 is 2.19 bits per heavy atom. The average Bonchev–Trinajstić information content (AvgIpc) is 3.45. The third-order valence-electron chi connectivity index (χ3n) is 4.73. The monoisotopic (exact) mass is 453 g/mol. The van der Waals surface area contributed by atoms with E-state index in [0.717, 1.165) is 5.01 Å². The van der Waals surface area contributed by atoms with Crippen molar-refractivity contribution in [2.45, 2.75) is 19.9 Å². The van der Waals surface area contributed by atoms with Crippen molar-refractivity contribution in [1.29, 1.82) is 0 Å². The molecule has 2 aromatic heterocycles. The minimum Gasteiger partial charge on any atom is -0.503 e. The second-order valence-corrected chi connectivity index (χ2v) is 8.88. The second-order valence-electron chi connectivity index (χ2n) is 6.80. The van der Waals surface area contributed by atoms with Gasteiger partial charge in [-0.1, -0.05) is 24.8 Å². The van der Waals surface area contributed by atoms with Gasteiger partial charge >= 0.3 is 0 Å². The van der Waals surface area contributed by atoms with E-state index in [0.29, 0.717) is 33.6 Å². The summed E-state index contributed by atoms with van der Waals surface area (Å²) in [4.78, 5) is 36.9. The molecule has 0 bridgehead atoms. The molecule has 158 valence electrons. The molecule has 0 radical (unpaired) electrons. The molecule has 0 spiro atoms. The van der Waals surface area contributed by atoms with Crippen LogP contribution in [0.3, 0.4) is 0 Å². The van der Waals surface area contributed by atoms with Crippen LogP contribution in [0.1, 0.15) is 32.0 Å². The highest BCUT2D eigenvalue weighted by atomic mass is 32.1. The van der Waals surface area contributed by atoms with Crippen molar-refractivity contribution < 1.29 is 19.4 Å². The number of hydrogen-bond donors (Lipinski definition) is 1. The largest absolute Gasteiger partial charge is 0.503 e. The standard InChI is InChI=1S/C22H19N3O4S2/c1-4-9-29-15-7-5-6-14(11-15)17-16(18(26)20-12(2)24-13(3)31-20)19(27)21(28)25(17)22-23-8-10-30-22/h4-8,10-11,17,27H,1,9H2,2-3H3. The molecule has 0 saturated heterocycles. The maximum Gasteiger partial charge on any atom is 0.296 e. The van der Waals surface area contributed by atoms with Gasteiger partial charge in [0.2, 0.25) is 5.78 Å². The van der Waals surface area contributed by atoms with Crippen LogP contribution in [0.25, 0.3) is 0 Å². The number of ether oxygens (including phenoxy) is 1. The van der Waals surface area contributed by atoms with Crippen LogP contribution in [-0.4, -0.2) is 33.4 Å². The number of aromatic nitrogens is 2. The Morgan fingerprint density at radius 1 is 1.39 bits per heavy atom. The summed E-state index contributed by atoms with van der Waals surface area (Å²) in [5.41, 5.74) is 1.19. The van der Waals surface area contributed by atoms with Crippen LogP contribution in [0.5, 0.6) is 5.75 Å². The molecule has 3 aromatic rings. The molecule has 1 atom stereocenters. The molecular formula is C22H19N3O4S2. The van der Waals surface area contributed by atoms with E-state index >= 15 is 0 Å². The molecule has 0 aliphatic carbocycles. The van der Waals surface area contributed by atoms with E-state index in [1.54, 1.807) is 48.8 Å². The van der Waals surface area contributed by atoms with Gasteiger partial charge < -0.3 is 9.84 Å². The van der Waals surface area contributed by atoms with Crippen molar-refractivity contribution >= 4 is 39.5 Å². The van der Waals surface area contributed by atoms with Gasteiger partial charge in [-0.05, 0) is 31.5 Å². The van der Waals surface area contributed by atoms with Crippen molar-refractivity contribution in [2.75, 3.05) is 11.5 Å². The van der Waals surface area contributed by atoms with E-state index in [4.69, 9.17) is 4.74 Å². The summed E-state index contributed by atoms with van der Waals surface area (Å²) in [6, 6.07) is 6.24. The molecule has 0 saturated carbocycles. The molecule has 1 aliphatic rings. The van der Waals surface area contributed by atoms with Gasteiger partial charge in [-0.3, -0.25) is 14.5 Å². The van der Waals surface area contributed by atoms with Crippen molar-refractivity contribution in [2.24, 2.45) is 0 Å². The van der Waals surface area contributed by atoms with Crippen LogP contribution >= 0.6 is 22.7 Å². The normalized spacial score (nSPS) is 16.1. The fourth-order valence-electron chi connectivity index (χ4n) is 3.48. The predicted molar refractivity (Wildman–Crippen MR) is 120 cm³/mol. The fraction of sp³-hybridized carbons (Fsp3) is 0.182. The molecule has 9 heteroatoms. The smallest absolute Gasteiger partial charge is 0.296 e. The Kier molecular flexibility index (Phi) is 5.71. The summed E-state index contributed by atoms with van der Waals surface area (Å²) in [5, 5.41) is 13.6. The minimum absolute atomic E-state index is 0.00724. The maximum absolute atomic E-state index is 13.5. The van der Waals surface area contributed by atoms with Gasteiger partial charge in [0.25, 0.3) is 5.91 Å². The molecule has 3 heterocycles. The lowest BCUT2D eigenvalue weighted by atomic mass is 9.95. The third kappa shape index (κ3) is 3.77. The molecule has 31 heavy (non-hydrogen) atoms. The van der Waals surface area contributed by atoms with Gasteiger partial charge in [0, 0.05) is 11.6 Å². The number of anilines is 1. The molecule has 1 N–H and O–H groups in total. The zero-order chi connectivity index (χ0) is 22.1. The second kappa shape index (κ2) is 8.44. The van der Waals surface area contributed by atoms with Crippen LogP contribution in [0.2, 0.25) is 0 Å². The fourth-order valence-corrected chi connectivity index (χ4v) is 5.02. The lowest BCUT2D eigenvalue weighted by Crippen LogP contribution is -2.31. The number of aliphatic hydroxyl groups excluding tert-OH is 1. The first kappa shape index (κ1) is 21.0. The van der Waals surface area contributed by atoms with E-state index in [2.05, 4.69) is 16.5 Å². The lowest BCUT2D eigenvalue weighted by molar-refractivity contribution is -0.117. The van der Waals surface area contributed by atoms with E-state index < -0.39 is 23.5 Å². The summed E-state index contributed by atoms with van der Waals surface area (Å²) < 4.78 is 5.63. The minimum atomic E-state index is -0.847. The number of carbonyl (C=O) groups is 2.